The first-order valence-corrected chi connectivity index (χ1v) is 13.2. The molecule has 186 valence electrons. The van der Waals surface area contributed by atoms with Gasteiger partial charge in [0.1, 0.15) is 5.82 Å². The number of anilines is 2. The molecule has 0 bridgehead atoms. The molecule has 1 aliphatic rings. The molecule has 35 heavy (non-hydrogen) atoms. The average Bonchev–Trinajstić information content (AvgIpc) is 3.49. The lowest BCUT2D eigenvalue weighted by Crippen LogP contribution is -2.25. The molecule has 0 saturated carbocycles. The second-order valence-corrected chi connectivity index (χ2v) is 10.7. The van der Waals surface area contributed by atoms with E-state index in [1.54, 1.807) is 0 Å². The number of aromatic nitrogens is 3. The van der Waals surface area contributed by atoms with Gasteiger partial charge in [0.15, 0.2) is 37.3 Å². The van der Waals surface area contributed by atoms with Gasteiger partial charge >= 0.3 is 0 Å². The molecular weight excluding hydrogens is 496 g/mol. The molecule has 1 aliphatic heterocycles. The highest BCUT2D eigenvalue weighted by Crippen LogP contribution is 2.24. The van der Waals surface area contributed by atoms with E-state index < -0.39 is 15.7 Å². The Hall–Kier alpha value is -3.20. The Bertz CT molecular complexity index is 1320. The van der Waals surface area contributed by atoms with Crippen LogP contribution >= 0.6 is 11.3 Å². The van der Waals surface area contributed by atoms with E-state index in [-0.39, 0.29) is 33.4 Å². The zero-order valence-corrected chi connectivity index (χ0v) is 20.5. The molecule has 1 saturated heterocycles. The number of benzene rings is 1. The van der Waals surface area contributed by atoms with E-state index in [0.717, 1.165) is 11.3 Å². The minimum Gasteiger partial charge on any atom is -0.389 e. The van der Waals surface area contributed by atoms with Crippen LogP contribution in [-0.4, -0.2) is 73.8 Å². The van der Waals surface area contributed by atoms with Gasteiger partial charge in [-0.1, -0.05) is 28.6 Å². The molecule has 1 fully saturated rings. The first kappa shape index (κ1) is 24.9. The molecule has 0 unspecified atom stereocenters. The Labute approximate surface area is 205 Å². The standard InChI is InChI=1S/C21H24N6O6S2/c1-31-8-2-10-35(29,30)15-5-3-13(4-6-15)17(27-33-14-7-9-32-12-14)19(28)26-21-25-18-20(34-21)24-16(22)11-23-18/h3-6,11,14H,2,7-10,12H2,1H3,(H2,22,24)(H,23,25,26,28)/t14-/m1/s1. The van der Waals surface area contributed by atoms with E-state index in [9.17, 15) is 13.2 Å². The van der Waals surface area contributed by atoms with Crippen molar-refractivity contribution < 1.29 is 27.5 Å². The van der Waals surface area contributed by atoms with Gasteiger partial charge in [0.25, 0.3) is 5.91 Å². The topological polar surface area (TPSA) is 168 Å². The number of nitrogen functional groups attached to an aromatic ring is 1. The quantitative estimate of drug-likeness (QED) is 0.228. The van der Waals surface area contributed by atoms with Gasteiger partial charge in [0.2, 0.25) is 0 Å². The van der Waals surface area contributed by atoms with Crippen molar-refractivity contribution in [2.75, 3.05) is 43.7 Å². The zero-order valence-electron chi connectivity index (χ0n) is 18.8. The van der Waals surface area contributed by atoms with E-state index in [4.69, 9.17) is 20.0 Å². The lowest BCUT2D eigenvalue weighted by molar-refractivity contribution is -0.110. The Balaban J connectivity index is 1.57. The van der Waals surface area contributed by atoms with Gasteiger partial charge < -0.3 is 20.0 Å². The molecule has 3 heterocycles. The van der Waals surface area contributed by atoms with E-state index in [0.29, 0.717) is 48.7 Å². The van der Waals surface area contributed by atoms with Crippen LogP contribution in [0.3, 0.4) is 0 Å². The first-order valence-electron chi connectivity index (χ1n) is 10.7. The van der Waals surface area contributed by atoms with E-state index >= 15 is 0 Å². The van der Waals surface area contributed by atoms with Gasteiger partial charge in [-0.2, -0.15) is 4.98 Å². The maximum absolute atomic E-state index is 13.1. The molecule has 12 nitrogen and oxygen atoms in total. The number of ether oxygens (including phenoxy) is 2. The molecule has 3 aromatic rings. The minimum atomic E-state index is -3.49. The van der Waals surface area contributed by atoms with Gasteiger partial charge in [-0.05, 0) is 18.6 Å². The fourth-order valence-corrected chi connectivity index (χ4v) is 5.31. The molecule has 4 rings (SSSR count). The smallest absolute Gasteiger partial charge is 0.280 e. The fourth-order valence-electron chi connectivity index (χ4n) is 3.22. The normalized spacial score (nSPS) is 16.5. The third kappa shape index (κ3) is 6.28. The summed E-state index contributed by atoms with van der Waals surface area (Å²) >= 11 is 1.11. The molecule has 0 aliphatic carbocycles. The van der Waals surface area contributed by atoms with E-state index in [2.05, 4.69) is 25.4 Å². The second kappa shape index (κ2) is 11.0. The summed E-state index contributed by atoms with van der Waals surface area (Å²) in [5.74, 6) is -0.395. The van der Waals surface area contributed by atoms with Crippen molar-refractivity contribution in [2.24, 2.45) is 5.16 Å². The van der Waals surface area contributed by atoms with Crippen LogP contribution in [0.4, 0.5) is 10.9 Å². The van der Waals surface area contributed by atoms with Gasteiger partial charge in [-0.15, -0.1) is 0 Å². The van der Waals surface area contributed by atoms with Crippen LogP contribution < -0.4 is 11.1 Å². The molecule has 1 amide bonds. The van der Waals surface area contributed by atoms with Crippen molar-refractivity contribution in [3.63, 3.8) is 0 Å². The maximum Gasteiger partial charge on any atom is 0.280 e. The third-order valence-corrected chi connectivity index (χ3v) is 7.68. The Morgan fingerprint density at radius 3 is 2.83 bits per heavy atom. The van der Waals surface area contributed by atoms with Crippen LogP contribution in [0.25, 0.3) is 10.5 Å². The van der Waals surface area contributed by atoms with E-state index in [1.165, 1.54) is 37.6 Å². The van der Waals surface area contributed by atoms with E-state index in [1.807, 2.05) is 0 Å². The number of rotatable bonds is 10. The van der Waals surface area contributed by atoms with Crippen molar-refractivity contribution in [3.8, 4) is 0 Å². The van der Waals surface area contributed by atoms with Crippen LogP contribution in [-0.2, 0) is 28.9 Å². The molecule has 3 N–H and O–H groups in total. The summed E-state index contributed by atoms with van der Waals surface area (Å²) in [7, 11) is -1.97. The highest BCUT2D eigenvalue weighted by Gasteiger charge is 2.22. The summed E-state index contributed by atoms with van der Waals surface area (Å²) in [4.78, 5) is 31.7. The van der Waals surface area contributed by atoms with Crippen molar-refractivity contribution in [3.05, 3.63) is 36.0 Å². The Morgan fingerprint density at radius 2 is 2.11 bits per heavy atom. The summed E-state index contributed by atoms with van der Waals surface area (Å²) in [6.07, 6.45) is 2.12. The first-order chi connectivity index (χ1) is 16.9. The third-order valence-electron chi connectivity index (χ3n) is 5.01. The number of methoxy groups -OCH3 is 1. The molecule has 0 spiro atoms. The predicted molar refractivity (Wildman–Crippen MR) is 130 cm³/mol. The Morgan fingerprint density at radius 1 is 1.31 bits per heavy atom. The van der Waals surface area contributed by atoms with Crippen LogP contribution in [0, 0.1) is 0 Å². The highest BCUT2D eigenvalue weighted by molar-refractivity contribution is 7.91. The van der Waals surface area contributed by atoms with Crippen molar-refractivity contribution in [2.45, 2.75) is 23.8 Å². The van der Waals surface area contributed by atoms with Crippen LogP contribution in [0.1, 0.15) is 18.4 Å². The lowest BCUT2D eigenvalue weighted by Gasteiger charge is -2.10. The molecule has 1 aromatic carbocycles. The van der Waals surface area contributed by atoms with Crippen LogP contribution in [0.2, 0.25) is 0 Å². The van der Waals surface area contributed by atoms with Gasteiger partial charge in [0, 0.05) is 25.7 Å². The summed E-state index contributed by atoms with van der Waals surface area (Å²) in [6.45, 7) is 1.26. The Kier molecular flexibility index (Phi) is 7.85. The largest absolute Gasteiger partial charge is 0.389 e. The molecule has 2 aromatic heterocycles. The summed E-state index contributed by atoms with van der Waals surface area (Å²) in [5, 5.41) is 7.01. The van der Waals surface area contributed by atoms with Crippen molar-refractivity contribution in [1.29, 1.82) is 0 Å². The molecule has 1 atom stereocenters. The second-order valence-electron chi connectivity index (χ2n) is 7.62. The van der Waals surface area contributed by atoms with Gasteiger partial charge in [-0.3, -0.25) is 10.1 Å². The summed E-state index contributed by atoms with van der Waals surface area (Å²) < 4.78 is 35.3. The number of nitrogens with zero attached hydrogens (tertiary/aromatic N) is 4. The highest BCUT2D eigenvalue weighted by atomic mass is 32.2. The number of carbonyl (C=O) groups is 1. The van der Waals surface area contributed by atoms with Crippen molar-refractivity contribution >= 4 is 54.2 Å². The zero-order chi connectivity index (χ0) is 24.8. The van der Waals surface area contributed by atoms with Gasteiger partial charge in [0.05, 0.1) is 30.1 Å². The molecule has 14 heteroatoms. The van der Waals surface area contributed by atoms with Gasteiger partial charge in [-0.25, -0.2) is 18.4 Å². The summed E-state index contributed by atoms with van der Waals surface area (Å²) in [6, 6.07) is 5.90. The van der Waals surface area contributed by atoms with Crippen molar-refractivity contribution in [1.82, 2.24) is 15.0 Å². The number of nitrogens with one attached hydrogen (secondary N) is 1. The number of amides is 1. The number of hydrogen-bond acceptors (Lipinski definition) is 12. The molecular formula is C21H24N6O6S2. The van der Waals surface area contributed by atoms with Crippen LogP contribution in [0.5, 0.6) is 0 Å². The number of sulfone groups is 1. The lowest BCUT2D eigenvalue weighted by atomic mass is 10.1. The average molecular weight is 521 g/mol. The summed E-state index contributed by atoms with van der Waals surface area (Å²) in [5.41, 5.74) is 6.34. The fraction of sp³-hybridized carbons (Fsp3) is 0.381. The number of oxime groups is 1. The molecule has 0 radical (unpaired) electrons. The minimum absolute atomic E-state index is 0.0417. The predicted octanol–water partition coefficient (Wildman–Crippen LogP) is 1.63. The number of hydrogen-bond donors (Lipinski definition) is 2. The monoisotopic (exact) mass is 520 g/mol. The maximum atomic E-state index is 13.1. The number of thiazole rings is 1. The number of nitrogens with two attached hydrogens (primary N) is 1. The van der Waals surface area contributed by atoms with Crippen LogP contribution in [0.15, 0.2) is 40.5 Å². The number of fused-ring (bicyclic) bond motifs is 1. The number of carbonyl (C=O) groups excluding carboxylic acids is 1. The SMILES string of the molecule is COCCCS(=O)(=O)c1ccc(C(=NO[C@@H]2CCOC2)C(=O)Nc2nc3ncc(N)nc3s2)cc1.